The van der Waals surface area contributed by atoms with E-state index >= 15 is 0 Å². The number of aryl methyl sites for hydroxylation is 2. The highest BCUT2D eigenvalue weighted by Crippen LogP contribution is 2.29. The second kappa shape index (κ2) is 10.8. The number of benzene rings is 2. The first-order valence-electron chi connectivity index (χ1n) is 10.5. The van der Waals surface area contributed by atoms with Gasteiger partial charge in [0.15, 0.2) is 11.5 Å². The van der Waals surface area contributed by atoms with Crippen LogP contribution in [0.1, 0.15) is 39.9 Å². The van der Waals surface area contributed by atoms with Crippen molar-refractivity contribution in [1.29, 1.82) is 0 Å². The van der Waals surface area contributed by atoms with Gasteiger partial charge >= 0.3 is 0 Å². The number of amides is 2. The SMILES string of the molecule is COc1cc(CNC(=O)CNC(=O)c2ccc(C)c(C)c2)ccc1OCC1CCCO1. The van der Waals surface area contributed by atoms with Crippen LogP contribution in [0, 0.1) is 13.8 Å². The van der Waals surface area contributed by atoms with Gasteiger partial charge in [0.1, 0.15) is 6.61 Å². The van der Waals surface area contributed by atoms with Gasteiger partial charge in [0.05, 0.1) is 19.8 Å². The third kappa shape index (κ3) is 6.46. The van der Waals surface area contributed by atoms with E-state index in [0.717, 1.165) is 36.1 Å². The minimum absolute atomic E-state index is 0.0918. The molecule has 2 amide bonds. The fraction of sp³-hybridized carbons (Fsp3) is 0.417. The topological polar surface area (TPSA) is 85.9 Å². The monoisotopic (exact) mass is 426 g/mol. The van der Waals surface area contributed by atoms with E-state index in [1.165, 1.54) is 0 Å². The number of carbonyl (C=O) groups is 2. The number of carbonyl (C=O) groups excluding carboxylic acids is 2. The van der Waals surface area contributed by atoms with Crippen molar-refractivity contribution in [3.63, 3.8) is 0 Å². The summed E-state index contributed by atoms with van der Waals surface area (Å²) in [5.74, 6) is 0.712. The summed E-state index contributed by atoms with van der Waals surface area (Å²) >= 11 is 0. The number of ether oxygens (including phenoxy) is 3. The van der Waals surface area contributed by atoms with Crippen LogP contribution in [0.25, 0.3) is 0 Å². The van der Waals surface area contributed by atoms with Gasteiger partial charge in [-0.15, -0.1) is 0 Å². The van der Waals surface area contributed by atoms with Crippen LogP contribution in [0.5, 0.6) is 11.5 Å². The van der Waals surface area contributed by atoms with Crippen molar-refractivity contribution in [2.24, 2.45) is 0 Å². The lowest BCUT2D eigenvalue weighted by atomic mass is 10.1. The van der Waals surface area contributed by atoms with Gasteiger partial charge in [-0.2, -0.15) is 0 Å². The first-order chi connectivity index (χ1) is 15.0. The maximum absolute atomic E-state index is 12.2. The normalized spacial score (nSPS) is 15.4. The Labute approximate surface area is 183 Å². The Morgan fingerprint density at radius 1 is 1.06 bits per heavy atom. The summed E-state index contributed by atoms with van der Waals surface area (Å²) in [5, 5.41) is 5.45. The Kier molecular flexibility index (Phi) is 7.89. The predicted octanol–water partition coefficient (Wildman–Crippen LogP) is 2.92. The standard InChI is InChI=1S/C24H30N2O5/c1-16-6-8-19(11-17(16)2)24(28)26-14-23(27)25-13-18-7-9-21(22(12-18)29-3)31-15-20-5-4-10-30-20/h6-9,11-12,20H,4-5,10,13-15H2,1-3H3,(H,25,27)(H,26,28). The van der Waals surface area contributed by atoms with Gasteiger partial charge in [0, 0.05) is 18.7 Å². The van der Waals surface area contributed by atoms with Crippen LogP contribution in [0.3, 0.4) is 0 Å². The van der Waals surface area contributed by atoms with E-state index in [1.807, 2.05) is 44.2 Å². The molecule has 31 heavy (non-hydrogen) atoms. The molecule has 1 unspecified atom stereocenters. The van der Waals surface area contributed by atoms with Crippen LogP contribution in [0.4, 0.5) is 0 Å². The fourth-order valence-corrected chi connectivity index (χ4v) is 3.31. The van der Waals surface area contributed by atoms with Crippen LogP contribution in [0.15, 0.2) is 36.4 Å². The summed E-state index contributed by atoms with van der Waals surface area (Å²) in [7, 11) is 1.58. The van der Waals surface area contributed by atoms with Crippen molar-refractivity contribution < 1.29 is 23.8 Å². The van der Waals surface area contributed by atoms with Gasteiger partial charge in [0.25, 0.3) is 5.91 Å². The van der Waals surface area contributed by atoms with E-state index in [4.69, 9.17) is 14.2 Å². The van der Waals surface area contributed by atoms with E-state index < -0.39 is 0 Å². The summed E-state index contributed by atoms with van der Waals surface area (Å²) < 4.78 is 16.8. The fourth-order valence-electron chi connectivity index (χ4n) is 3.31. The molecular formula is C24H30N2O5. The number of nitrogens with one attached hydrogen (secondary N) is 2. The zero-order valence-corrected chi connectivity index (χ0v) is 18.3. The van der Waals surface area contributed by atoms with Crippen LogP contribution in [-0.4, -0.2) is 44.8 Å². The molecule has 0 aromatic heterocycles. The summed E-state index contributed by atoms with van der Waals surface area (Å²) in [6, 6.07) is 11.0. The Balaban J connectivity index is 1.46. The van der Waals surface area contributed by atoms with Gasteiger partial charge in [-0.1, -0.05) is 12.1 Å². The molecule has 0 bridgehead atoms. The summed E-state index contributed by atoms with van der Waals surface area (Å²) in [4.78, 5) is 24.4. The lowest BCUT2D eigenvalue weighted by Crippen LogP contribution is -2.36. The number of hydrogen-bond donors (Lipinski definition) is 2. The predicted molar refractivity (Wildman–Crippen MR) is 118 cm³/mol. The number of hydrogen-bond acceptors (Lipinski definition) is 5. The maximum Gasteiger partial charge on any atom is 0.251 e. The molecule has 0 saturated carbocycles. The molecule has 2 N–H and O–H groups in total. The highest BCUT2D eigenvalue weighted by molar-refractivity contribution is 5.96. The Bertz CT molecular complexity index is 922. The van der Waals surface area contributed by atoms with E-state index in [0.29, 0.717) is 30.2 Å². The molecule has 1 atom stereocenters. The number of methoxy groups -OCH3 is 1. The minimum atomic E-state index is -0.271. The average molecular weight is 427 g/mol. The molecule has 2 aromatic carbocycles. The minimum Gasteiger partial charge on any atom is -0.493 e. The molecule has 0 spiro atoms. The zero-order valence-electron chi connectivity index (χ0n) is 18.3. The van der Waals surface area contributed by atoms with Crippen molar-refractivity contribution in [2.45, 2.75) is 39.3 Å². The van der Waals surface area contributed by atoms with Crippen LogP contribution >= 0.6 is 0 Å². The second-order valence-corrected chi connectivity index (χ2v) is 7.69. The molecule has 0 radical (unpaired) electrons. The Hall–Kier alpha value is -3.06. The van der Waals surface area contributed by atoms with Crippen molar-refractivity contribution >= 4 is 11.8 Å². The third-order valence-corrected chi connectivity index (χ3v) is 5.35. The van der Waals surface area contributed by atoms with Gasteiger partial charge < -0.3 is 24.8 Å². The smallest absolute Gasteiger partial charge is 0.251 e. The lowest BCUT2D eigenvalue weighted by molar-refractivity contribution is -0.120. The maximum atomic E-state index is 12.2. The molecule has 0 aliphatic carbocycles. The van der Waals surface area contributed by atoms with Crippen molar-refractivity contribution in [3.8, 4) is 11.5 Å². The van der Waals surface area contributed by atoms with Crippen molar-refractivity contribution in [3.05, 3.63) is 58.7 Å². The van der Waals surface area contributed by atoms with Crippen LogP contribution in [0.2, 0.25) is 0 Å². The quantitative estimate of drug-likeness (QED) is 0.644. The van der Waals surface area contributed by atoms with E-state index in [2.05, 4.69) is 10.6 Å². The molecule has 7 nitrogen and oxygen atoms in total. The molecule has 1 aliphatic rings. The van der Waals surface area contributed by atoms with E-state index in [-0.39, 0.29) is 24.5 Å². The summed E-state index contributed by atoms with van der Waals surface area (Å²) in [5.41, 5.74) is 3.57. The van der Waals surface area contributed by atoms with Gasteiger partial charge in [0.2, 0.25) is 5.91 Å². The largest absolute Gasteiger partial charge is 0.493 e. The van der Waals surface area contributed by atoms with Crippen molar-refractivity contribution in [1.82, 2.24) is 10.6 Å². The molecule has 1 fully saturated rings. The molecule has 2 aromatic rings. The highest BCUT2D eigenvalue weighted by Gasteiger charge is 2.17. The van der Waals surface area contributed by atoms with Crippen molar-refractivity contribution in [2.75, 3.05) is 26.9 Å². The first kappa shape index (κ1) is 22.6. The van der Waals surface area contributed by atoms with Crippen LogP contribution in [-0.2, 0) is 16.1 Å². The van der Waals surface area contributed by atoms with Crippen LogP contribution < -0.4 is 20.1 Å². The second-order valence-electron chi connectivity index (χ2n) is 7.69. The molecule has 166 valence electrons. The van der Waals surface area contributed by atoms with E-state index in [1.54, 1.807) is 13.2 Å². The third-order valence-electron chi connectivity index (χ3n) is 5.35. The van der Waals surface area contributed by atoms with Gasteiger partial charge in [-0.05, 0) is 67.6 Å². The molecule has 1 heterocycles. The van der Waals surface area contributed by atoms with Gasteiger partial charge in [-0.25, -0.2) is 0 Å². The molecule has 1 aliphatic heterocycles. The Morgan fingerprint density at radius 3 is 2.61 bits per heavy atom. The summed E-state index contributed by atoms with van der Waals surface area (Å²) in [6.45, 7) is 5.45. The average Bonchev–Trinajstić information content (AvgIpc) is 3.30. The lowest BCUT2D eigenvalue weighted by Gasteiger charge is -2.15. The van der Waals surface area contributed by atoms with Gasteiger partial charge in [-0.3, -0.25) is 9.59 Å². The first-order valence-corrected chi connectivity index (χ1v) is 10.5. The molecule has 1 saturated heterocycles. The highest BCUT2D eigenvalue weighted by atomic mass is 16.5. The Morgan fingerprint density at radius 2 is 1.90 bits per heavy atom. The molecule has 7 heteroatoms. The number of rotatable bonds is 9. The van der Waals surface area contributed by atoms with E-state index in [9.17, 15) is 9.59 Å². The molecular weight excluding hydrogens is 396 g/mol. The molecule has 3 rings (SSSR count). The summed E-state index contributed by atoms with van der Waals surface area (Å²) in [6.07, 6.45) is 2.20. The zero-order chi connectivity index (χ0) is 22.2.